The van der Waals surface area contributed by atoms with Crippen molar-refractivity contribution >= 4 is 43.7 Å². The zero-order valence-corrected chi connectivity index (χ0v) is 17.1. The summed E-state index contributed by atoms with van der Waals surface area (Å²) in [7, 11) is -3.31. The average Bonchev–Trinajstić information content (AvgIpc) is 3.20. The number of pyridine rings is 1. The molecule has 2 aromatic heterocycles. The van der Waals surface area contributed by atoms with Gasteiger partial charge in [-0.25, -0.2) is 18.4 Å². The van der Waals surface area contributed by atoms with Crippen LogP contribution in [0.2, 0.25) is 0 Å². The number of benzene rings is 2. The number of aromatic nitrogens is 2. The molecule has 0 aliphatic heterocycles. The maximum absolute atomic E-state index is 12.4. The first-order chi connectivity index (χ1) is 13.9. The maximum Gasteiger partial charge on any atom is 0.230 e. The summed E-state index contributed by atoms with van der Waals surface area (Å²) in [6.07, 6.45) is 1.37. The summed E-state index contributed by atoms with van der Waals surface area (Å²) >= 11 is 1.45. The highest BCUT2D eigenvalue weighted by Gasteiger charge is 2.12. The number of fused-ring (bicyclic) bond motifs is 1. The molecule has 0 radical (unpaired) electrons. The second kappa shape index (κ2) is 7.73. The lowest BCUT2D eigenvalue weighted by atomic mass is 10.1. The number of nitrogens with one attached hydrogen (secondary N) is 1. The first kappa shape index (κ1) is 19.2. The van der Waals surface area contributed by atoms with Gasteiger partial charge in [-0.15, -0.1) is 11.3 Å². The third kappa shape index (κ3) is 4.33. The number of thiazole rings is 1. The zero-order chi connectivity index (χ0) is 20.4. The van der Waals surface area contributed by atoms with Crippen molar-refractivity contribution in [2.45, 2.75) is 11.3 Å². The van der Waals surface area contributed by atoms with E-state index in [2.05, 4.69) is 10.3 Å². The molecule has 0 fully saturated rings. The topological polar surface area (TPSA) is 89.0 Å². The van der Waals surface area contributed by atoms with Crippen LogP contribution in [-0.4, -0.2) is 30.5 Å². The van der Waals surface area contributed by atoms with Crippen molar-refractivity contribution in [3.05, 3.63) is 71.2 Å². The predicted molar refractivity (Wildman–Crippen MR) is 115 cm³/mol. The lowest BCUT2D eigenvalue weighted by Gasteiger charge is -2.10. The van der Waals surface area contributed by atoms with Crippen molar-refractivity contribution in [2.24, 2.45) is 0 Å². The number of sulfone groups is 1. The monoisotopic (exact) mass is 423 g/mol. The summed E-state index contributed by atoms with van der Waals surface area (Å²) < 4.78 is 23.7. The van der Waals surface area contributed by atoms with Crippen LogP contribution in [-0.2, 0) is 21.1 Å². The molecule has 29 heavy (non-hydrogen) atoms. The first-order valence-electron chi connectivity index (χ1n) is 8.77. The van der Waals surface area contributed by atoms with Crippen molar-refractivity contribution in [1.29, 1.82) is 0 Å². The van der Waals surface area contributed by atoms with E-state index >= 15 is 0 Å². The summed E-state index contributed by atoms with van der Waals surface area (Å²) in [6, 6.07) is 16.0. The van der Waals surface area contributed by atoms with Crippen LogP contribution in [0.15, 0.2) is 70.4 Å². The summed E-state index contributed by atoms with van der Waals surface area (Å²) in [6.45, 7) is 0. The van der Waals surface area contributed by atoms with Gasteiger partial charge in [0.25, 0.3) is 0 Å². The number of hydrogen-bond donors (Lipinski definition) is 1. The van der Waals surface area contributed by atoms with Gasteiger partial charge in [-0.05, 0) is 24.3 Å². The van der Waals surface area contributed by atoms with E-state index in [0.29, 0.717) is 22.5 Å². The molecule has 146 valence electrons. The minimum Gasteiger partial charge on any atom is -0.324 e. The second-order valence-electron chi connectivity index (χ2n) is 6.58. The molecule has 1 N–H and O–H groups in total. The van der Waals surface area contributed by atoms with E-state index in [1.807, 2.05) is 35.7 Å². The van der Waals surface area contributed by atoms with Crippen molar-refractivity contribution in [1.82, 2.24) is 9.97 Å². The molecule has 8 heteroatoms. The van der Waals surface area contributed by atoms with Gasteiger partial charge in [0.15, 0.2) is 9.84 Å². The highest BCUT2D eigenvalue weighted by Crippen LogP contribution is 2.27. The Labute approximate surface area is 172 Å². The molecule has 0 saturated heterocycles. The van der Waals surface area contributed by atoms with Gasteiger partial charge in [-0.2, -0.15) is 0 Å². The molecule has 1 amide bonds. The Balaban J connectivity index is 1.70. The number of amides is 1. The SMILES string of the molecule is CS(=O)(=O)c1cccc(-c2ccc3cccc(NC(=O)Cc4cscn4)c3n2)c1. The van der Waals surface area contributed by atoms with Gasteiger partial charge in [0.2, 0.25) is 5.91 Å². The van der Waals surface area contributed by atoms with E-state index in [-0.39, 0.29) is 17.2 Å². The molecule has 4 rings (SSSR count). The molecule has 0 spiro atoms. The van der Waals surface area contributed by atoms with Gasteiger partial charge in [-0.1, -0.05) is 30.3 Å². The third-order valence-electron chi connectivity index (χ3n) is 4.38. The fourth-order valence-electron chi connectivity index (χ4n) is 2.98. The standard InChI is InChI=1S/C21H17N3O3S2/c1-29(26,27)17-6-2-5-15(10-17)18-9-8-14-4-3-7-19(21(14)24-18)23-20(25)11-16-12-28-13-22-16/h2-10,12-13H,11H2,1H3,(H,23,25). The molecule has 0 bridgehead atoms. The summed E-state index contributed by atoms with van der Waals surface area (Å²) in [5.41, 5.74) is 4.98. The molecule has 0 aliphatic carbocycles. The number of nitrogens with zero attached hydrogens (tertiary/aromatic N) is 2. The molecular formula is C21H17N3O3S2. The Morgan fingerprint density at radius 3 is 2.69 bits per heavy atom. The lowest BCUT2D eigenvalue weighted by Crippen LogP contribution is -2.15. The molecule has 6 nitrogen and oxygen atoms in total. The Morgan fingerprint density at radius 1 is 1.10 bits per heavy atom. The summed E-state index contributed by atoms with van der Waals surface area (Å²) in [5, 5.41) is 5.62. The number of carbonyl (C=O) groups excluding carboxylic acids is 1. The molecule has 0 atom stereocenters. The largest absolute Gasteiger partial charge is 0.324 e. The molecular weight excluding hydrogens is 406 g/mol. The number of para-hydroxylation sites is 1. The van der Waals surface area contributed by atoms with Crippen LogP contribution < -0.4 is 5.32 Å². The average molecular weight is 424 g/mol. The Kier molecular flexibility index (Phi) is 5.12. The quantitative estimate of drug-likeness (QED) is 0.525. The van der Waals surface area contributed by atoms with Crippen molar-refractivity contribution in [2.75, 3.05) is 11.6 Å². The van der Waals surface area contributed by atoms with Crippen LogP contribution in [0.5, 0.6) is 0 Å². The second-order valence-corrected chi connectivity index (χ2v) is 9.31. The zero-order valence-electron chi connectivity index (χ0n) is 15.5. The van der Waals surface area contributed by atoms with Crippen LogP contribution in [0.3, 0.4) is 0 Å². The number of rotatable bonds is 5. The first-order valence-corrected chi connectivity index (χ1v) is 11.6. The van der Waals surface area contributed by atoms with E-state index < -0.39 is 9.84 Å². The Morgan fingerprint density at radius 2 is 1.93 bits per heavy atom. The highest BCUT2D eigenvalue weighted by atomic mass is 32.2. The van der Waals surface area contributed by atoms with Gasteiger partial charge in [0, 0.05) is 22.6 Å². The molecule has 4 aromatic rings. The van der Waals surface area contributed by atoms with Gasteiger partial charge in [0.1, 0.15) is 0 Å². The Bertz CT molecular complexity index is 1300. The summed E-state index contributed by atoms with van der Waals surface area (Å²) in [4.78, 5) is 21.5. The normalized spacial score (nSPS) is 11.5. The van der Waals surface area contributed by atoms with E-state index in [0.717, 1.165) is 11.1 Å². The number of hydrogen-bond acceptors (Lipinski definition) is 6. The van der Waals surface area contributed by atoms with E-state index in [4.69, 9.17) is 4.98 Å². The number of carbonyl (C=O) groups is 1. The van der Waals surface area contributed by atoms with Crippen LogP contribution in [0.4, 0.5) is 5.69 Å². The number of anilines is 1. The minimum atomic E-state index is -3.31. The Hall–Kier alpha value is -3.10. The molecule has 0 aliphatic rings. The van der Waals surface area contributed by atoms with Crippen molar-refractivity contribution in [3.63, 3.8) is 0 Å². The molecule has 2 heterocycles. The van der Waals surface area contributed by atoms with E-state index in [1.165, 1.54) is 17.6 Å². The maximum atomic E-state index is 12.4. The van der Waals surface area contributed by atoms with Gasteiger partial charge in [-0.3, -0.25) is 4.79 Å². The fraction of sp³-hybridized carbons (Fsp3) is 0.0952. The van der Waals surface area contributed by atoms with E-state index in [9.17, 15) is 13.2 Å². The van der Waals surface area contributed by atoms with Gasteiger partial charge < -0.3 is 5.32 Å². The smallest absolute Gasteiger partial charge is 0.230 e. The fourth-order valence-corrected chi connectivity index (χ4v) is 4.20. The van der Waals surface area contributed by atoms with Crippen LogP contribution in [0, 0.1) is 0 Å². The molecule has 0 unspecified atom stereocenters. The van der Waals surface area contributed by atoms with Gasteiger partial charge >= 0.3 is 0 Å². The lowest BCUT2D eigenvalue weighted by molar-refractivity contribution is -0.115. The van der Waals surface area contributed by atoms with Crippen LogP contribution in [0.1, 0.15) is 5.69 Å². The molecule has 2 aromatic carbocycles. The highest BCUT2D eigenvalue weighted by molar-refractivity contribution is 7.90. The van der Waals surface area contributed by atoms with Crippen LogP contribution >= 0.6 is 11.3 Å². The summed E-state index contributed by atoms with van der Waals surface area (Å²) in [5.74, 6) is -0.172. The van der Waals surface area contributed by atoms with Crippen molar-refractivity contribution < 1.29 is 13.2 Å². The van der Waals surface area contributed by atoms with E-state index in [1.54, 1.807) is 29.8 Å². The predicted octanol–water partition coefficient (Wildman–Crippen LogP) is 3.94. The van der Waals surface area contributed by atoms with Gasteiger partial charge in [0.05, 0.1) is 39.4 Å². The molecule has 0 saturated carbocycles. The third-order valence-corrected chi connectivity index (χ3v) is 6.12. The minimum absolute atomic E-state index is 0.172. The van der Waals surface area contributed by atoms with Crippen LogP contribution in [0.25, 0.3) is 22.2 Å². The van der Waals surface area contributed by atoms with Crippen molar-refractivity contribution in [3.8, 4) is 11.3 Å².